The summed E-state index contributed by atoms with van der Waals surface area (Å²) in [6.45, 7) is 0.219. The van der Waals surface area contributed by atoms with Gasteiger partial charge in [0.2, 0.25) is 0 Å². The molecule has 1 aliphatic heterocycles. The Kier molecular flexibility index (Phi) is 5.38. The maximum atomic E-state index is 13.8. The van der Waals surface area contributed by atoms with Gasteiger partial charge in [0.1, 0.15) is 21.9 Å². The van der Waals surface area contributed by atoms with Crippen molar-refractivity contribution in [3.63, 3.8) is 0 Å². The van der Waals surface area contributed by atoms with Gasteiger partial charge in [-0.15, -0.1) is 15.7 Å². The van der Waals surface area contributed by atoms with Gasteiger partial charge < -0.3 is 10.4 Å². The summed E-state index contributed by atoms with van der Waals surface area (Å²) in [5.41, 5.74) is 1.12. The third-order valence-corrected chi connectivity index (χ3v) is 8.42. The topological polar surface area (TPSA) is 120 Å². The minimum Gasteiger partial charge on any atom is -0.506 e. The number of thiophene rings is 1. The first-order valence-corrected chi connectivity index (χ1v) is 13.3. The molecule has 0 spiro atoms. The number of nitrogens with zero attached hydrogens (tertiary/aromatic N) is 3. The maximum Gasteiger partial charge on any atom is 0.267 e. The van der Waals surface area contributed by atoms with Crippen molar-refractivity contribution >= 4 is 44.7 Å². The van der Waals surface area contributed by atoms with Gasteiger partial charge in [0.25, 0.3) is 5.56 Å². The number of hydrogen-bond donors (Lipinski definition) is 4. The van der Waals surface area contributed by atoms with E-state index in [1.54, 1.807) is 53.9 Å². The molecule has 36 heavy (non-hydrogen) atoms. The van der Waals surface area contributed by atoms with Crippen LogP contribution in [0.5, 0.6) is 5.75 Å². The van der Waals surface area contributed by atoms with Crippen LogP contribution in [-0.4, -0.2) is 29.6 Å². The third-order valence-electron chi connectivity index (χ3n) is 5.92. The smallest absolute Gasteiger partial charge is 0.267 e. The second kappa shape index (κ2) is 8.61. The highest BCUT2D eigenvalue weighted by molar-refractivity contribution is 8.23. The fourth-order valence-corrected chi connectivity index (χ4v) is 6.41. The van der Waals surface area contributed by atoms with Gasteiger partial charge in [-0.1, -0.05) is 53.2 Å². The molecule has 0 aliphatic carbocycles. The fraction of sp³-hybridized carbons (Fsp3) is 0.0385. The Morgan fingerprint density at radius 3 is 2.56 bits per heavy atom. The number of rotatable bonds is 4. The van der Waals surface area contributed by atoms with Crippen LogP contribution in [-0.2, 0) is 6.54 Å². The van der Waals surface area contributed by atoms with Crippen molar-refractivity contribution in [3.05, 3.63) is 106 Å². The molecular weight excluding hydrogens is 496 g/mol. The summed E-state index contributed by atoms with van der Waals surface area (Å²) < 4.78 is 26.9. The SMILES string of the molecule is O=c1c(C2=NS(O)(O)c3ccccc3N2)c(O)c2cccnc2n1Cc1ccc(-c2ccccc2)s1. The van der Waals surface area contributed by atoms with Crippen LogP contribution in [0.2, 0.25) is 0 Å². The zero-order chi connectivity index (χ0) is 24.9. The lowest BCUT2D eigenvalue weighted by Crippen LogP contribution is -2.32. The highest BCUT2D eigenvalue weighted by Gasteiger charge is 2.30. The Morgan fingerprint density at radius 2 is 1.72 bits per heavy atom. The first-order valence-electron chi connectivity index (χ1n) is 11.0. The van der Waals surface area contributed by atoms with Crippen molar-refractivity contribution in [1.29, 1.82) is 0 Å². The predicted octanol–water partition coefficient (Wildman–Crippen LogP) is 5.78. The van der Waals surface area contributed by atoms with Gasteiger partial charge in [0.15, 0.2) is 5.84 Å². The van der Waals surface area contributed by atoms with E-state index < -0.39 is 16.3 Å². The third kappa shape index (κ3) is 3.76. The second-order valence-corrected chi connectivity index (χ2v) is 11.0. The number of para-hydroxylation sites is 1. The van der Waals surface area contributed by atoms with Crippen LogP contribution in [0, 0.1) is 0 Å². The van der Waals surface area contributed by atoms with Crippen molar-refractivity contribution < 1.29 is 14.2 Å². The maximum absolute atomic E-state index is 13.8. The van der Waals surface area contributed by atoms with Crippen LogP contribution in [0.3, 0.4) is 0 Å². The molecule has 180 valence electrons. The normalized spacial score (nSPS) is 15.1. The van der Waals surface area contributed by atoms with Gasteiger partial charge in [-0.05, 0) is 42.0 Å². The average Bonchev–Trinajstić information content (AvgIpc) is 3.36. The molecule has 0 radical (unpaired) electrons. The number of aromatic hydroxyl groups is 1. The van der Waals surface area contributed by atoms with E-state index in [4.69, 9.17) is 0 Å². The Balaban J connectivity index is 1.50. The standard InChI is InChI=1S/C26H20N4O4S2/c31-23-18-9-6-14-27-25(18)30(15-17-12-13-20(35-17)16-7-2-1-3-8-16)26(32)22(23)24-28-19-10-4-5-11-21(19)36(33,34)29-24/h1-14,31,33-34H,15H2,(H,28,29). The zero-order valence-electron chi connectivity index (χ0n) is 18.7. The molecule has 8 nitrogen and oxygen atoms in total. The highest BCUT2D eigenvalue weighted by atomic mass is 32.3. The van der Waals surface area contributed by atoms with E-state index in [2.05, 4.69) is 14.7 Å². The van der Waals surface area contributed by atoms with E-state index in [1.165, 1.54) is 4.57 Å². The monoisotopic (exact) mass is 516 g/mol. The first kappa shape index (κ1) is 22.5. The number of anilines is 1. The van der Waals surface area contributed by atoms with Crippen LogP contribution in [0.1, 0.15) is 10.4 Å². The van der Waals surface area contributed by atoms with E-state index in [0.717, 1.165) is 15.3 Å². The molecule has 0 atom stereocenters. The van der Waals surface area contributed by atoms with Crippen LogP contribution < -0.4 is 10.9 Å². The second-order valence-electron chi connectivity index (χ2n) is 8.20. The Labute approximate surface area is 211 Å². The average molecular weight is 517 g/mol. The summed E-state index contributed by atoms with van der Waals surface area (Å²) >= 11 is 1.56. The van der Waals surface area contributed by atoms with Crippen LogP contribution >= 0.6 is 22.1 Å². The molecule has 5 aromatic rings. The quantitative estimate of drug-likeness (QED) is 0.241. The number of pyridine rings is 2. The molecule has 6 rings (SSSR count). The Morgan fingerprint density at radius 1 is 0.944 bits per heavy atom. The Hall–Kier alpha value is -3.96. The summed E-state index contributed by atoms with van der Waals surface area (Å²) in [5, 5.41) is 14.5. The molecule has 4 heterocycles. The first-order chi connectivity index (χ1) is 17.4. The van der Waals surface area contributed by atoms with Gasteiger partial charge in [-0.2, -0.15) is 0 Å². The lowest BCUT2D eigenvalue weighted by atomic mass is 10.1. The summed E-state index contributed by atoms with van der Waals surface area (Å²) in [5.74, 6) is -0.428. The molecule has 0 fully saturated rings. The van der Waals surface area contributed by atoms with E-state index in [9.17, 15) is 19.0 Å². The van der Waals surface area contributed by atoms with Crippen molar-refractivity contribution in [3.8, 4) is 16.2 Å². The molecule has 0 amide bonds. The minimum absolute atomic E-state index is 0.105. The van der Waals surface area contributed by atoms with E-state index in [1.807, 2.05) is 42.5 Å². The van der Waals surface area contributed by atoms with Gasteiger partial charge in [0.05, 0.1) is 17.6 Å². The van der Waals surface area contributed by atoms with Gasteiger partial charge >= 0.3 is 0 Å². The van der Waals surface area contributed by atoms with E-state index in [-0.39, 0.29) is 28.6 Å². The van der Waals surface area contributed by atoms with Crippen LogP contribution in [0.4, 0.5) is 5.69 Å². The molecule has 3 aromatic heterocycles. The molecular formula is C26H20N4O4S2. The molecule has 0 bridgehead atoms. The summed E-state index contributed by atoms with van der Waals surface area (Å²) in [4.78, 5) is 20.4. The van der Waals surface area contributed by atoms with Gasteiger partial charge in [0, 0.05) is 16.0 Å². The summed E-state index contributed by atoms with van der Waals surface area (Å²) in [6.07, 6.45) is 1.56. The minimum atomic E-state index is -3.57. The number of benzene rings is 2. The molecule has 0 unspecified atom stereocenters. The zero-order valence-corrected chi connectivity index (χ0v) is 20.3. The van der Waals surface area contributed by atoms with Gasteiger partial charge in [-0.3, -0.25) is 18.5 Å². The number of nitrogens with one attached hydrogen (secondary N) is 1. The number of fused-ring (bicyclic) bond motifs is 2. The molecule has 1 aliphatic rings. The number of amidine groups is 1. The summed E-state index contributed by atoms with van der Waals surface area (Å²) in [6, 6.07) is 23.9. The van der Waals surface area contributed by atoms with Crippen molar-refractivity contribution in [2.75, 3.05) is 5.32 Å². The molecule has 0 saturated heterocycles. The number of hydrogen-bond acceptors (Lipinski definition) is 8. The lowest BCUT2D eigenvalue weighted by Gasteiger charge is -2.34. The predicted molar refractivity (Wildman–Crippen MR) is 144 cm³/mol. The van der Waals surface area contributed by atoms with E-state index in [0.29, 0.717) is 16.7 Å². The number of aromatic nitrogens is 2. The van der Waals surface area contributed by atoms with Crippen molar-refractivity contribution in [2.45, 2.75) is 11.4 Å². The fourth-order valence-electron chi connectivity index (χ4n) is 4.24. The highest BCUT2D eigenvalue weighted by Crippen LogP contribution is 2.55. The van der Waals surface area contributed by atoms with Crippen molar-refractivity contribution in [2.24, 2.45) is 4.40 Å². The van der Waals surface area contributed by atoms with Crippen LogP contribution in [0.15, 0.2) is 99.1 Å². The Bertz CT molecular complexity index is 1710. The van der Waals surface area contributed by atoms with Crippen molar-refractivity contribution in [1.82, 2.24) is 9.55 Å². The molecule has 0 saturated carbocycles. The van der Waals surface area contributed by atoms with Gasteiger partial charge in [-0.25, -0.2) is 4.98 Å². The largest absolute Gasteiger partial charge is 0.506 e. The molecule has 4 N–H and O–H groups in total. The van der Waals surface area contributed by atoms with E-state index >= 15 is 0 Å². The molecule has 10 heteroatoms. The summed E-state index contributed by atoms with van der Waals surface area (Å²) in [7, 11) is -3.57. The lowest BCUT2D eigenvalue weighted by molar-refractivity contribution is 0.477. The van der Waals surface area contributed by atoms with Crippen LogP contribution in [0.25, 0.3) is 21.5 Å². The molecule has 2 aromatic carbocycles.